The maximum absolute atomic E-state index is 5.74. The zero-order valence-electron chi connectivity index (χ0n) is 9.75. The third-order valence-electron chi connectivity index (χ3n) is 2.55. The molecule has 2 N–H and O–H groups in total. The van der Waals surface area contributed by atoms with Crippen LogP contribution in [0.5, 0.6) is 10.9 Å². The van der Waals surface area contributed by atoms with Crippen LogP contribution in [0.15, 0.2) is 36.5 Å². The first kappa shape index (κ1) is 11.0. The molecule has 1 aromatic carbocycles. The summed E-state index contributed by atoms with van der Waals surface area (Å²) in [5.74, 6) is 0.726. The highest BCUT2D eigenvalue weighted by molar-refractivity contribution is 7.20. The van der Waals surface area contributed by atoms with Crippen LogP contribution >= 0.6 is 11.3 Å². The van der Waals surface area contributed by atoms with Gasteiger partial charge in [0.1, 0.15) is 0 Å². The Morgan fingerprint density at radius 2 is 2.17 bits per heavy atom. The van der Waals surface area contributed by atoms with Gasteiger partial charge < -0.3 is 10.5 Å². The maximum Gasteiger partial charge on any atom is 0.279 e. The van der Waals surface area contributed by atoms with Crippen molar-refractivity contribution in [3.63, 3.8) is 0 Å². The molecule has 2 heterocycles. The molecule has 0 amide bonds. The summed E-state index contributed by atoms with van der Waals surface area (Å²) >= 11 is 1.47. The number of benzene rings is 1. The molecule has 0 atom stereocenters. The molecule has 0 radical (unpaired) electrons. The number of aromatic nitrogens is 2. The van der Waals surface area contributed by atoms with Crippen molar-refractivity contribution < 1.29 is 4.74 Å². The summed E-state index contributed by atoms with van der Waals surface area (Å²) in [5, 5.41) is 0.603. The second-order valence-corrected chi connectivity index (χ2v) is 4.89. The van der Waals surface area contributed by atoms with Gasteiger partial charge >= 0.3 is 0 Å². The number of nitrogen functional groups attached to an aromatic ring is 1. The molecule has 5 heteroatoms. The third-order valence-corrected chi connectivity index (χ3v) is 3.44. The number of fused-ring (bicyclic) bond motifs is 1. The Morgan fingerprint density at radius 3 is 3.00 bits per heavy atom. The molecule has 3 aromatic rings. The second kappa shape index (κ2) is 4.27. The number of nitrogens with two attached hydrogens (primary N) is 1. The maximum atomic E-state index is 5.74. The van der Waals surface area contributed by atoms with Gasteiger partial charge in [-0.1, -0.05) is 11.3 Å². The molecule has 4 nitrogen and oxygen atoms in total. The Hall–Kier alpha value is -2.14. The van der Waals surface area contributed by atoms with Crippen molar-refractivity contribution in [2.75, 3.05) is 5.73 Å². The smallest absolute Gasteiger partial charge is 0.279 e. The lowest BCUT2D eigenvalue weighted by molar-refractivity contribution is 0.473. The zero-order valence-corrected chi connectivity index (χ0v) is 10.6. The van der Waals surface area contributed by atoms with Crippen molar-refractivity contribution >= 4 is 27.2 Å². The van der Waals surface area contributed by atoms with Crippen molar-refractivity contribution in [3.05, 3.63) is 42.2 Å². The Balaban J connectivity index is 1.98. The summed E-state index contributed by atoms with van der Waals surface area (Å²) in [6.45, 7) is 1.90. The number of aryl methyl sites for hydroxylation is 1. The van der Waals surface area contributed by atoms with E-state index in [9.17, 15) is 0 Å². The Bertz CT molecular complexity index is 708. The fraction of sp³-hybridized carbons (Fsp3) is 0.0769. The van der Waals surface area contributed by atoms with Crippen molar-refractivity contribution in [3.8, 4) is 10.9 Å². The molecule has 18 heavy (non-hydrogen) atoms. The molecule has 90 valence electrons. The van der Waals surface area contributed by atoms with E-state index in [2.05, 4.69) is 9.97 Å². The SMILES string of the molecule is Cc1ncccc1Oc1nc2ccc(N)cc2s1. The van der Waals surface area contributed by atoms with Crippen molar-refractivity contribution in [2.24, 2.45) is 0 Å². The lowest BCUT2D eigenvalue weighted by Gasteiger charge is -2.02. The van der Waals surface area contributed by atoms with Crippen molar-refractivity contribution in [2.45, 2.75) is 6.92 Å². The first-order chi connectivity index (χ1) is 8.72. The van der Waals surface area contributed by atoms with Gasteiger partial charge in [0.05, 0.1) is 15.9 Å². The van der Waals surface area contributed by atoms with E-state index in [1.54, 1.807) is 6.20 Å². The number of rotatable bonds is 2. The number of ether oxygens (including phenoxy) is 1. The predicted molar refractivity (Wildman–Crippen MR) is 73.1 cm³/mol. The zero-order chi connectivity index (χ0) is 12.5. The molecule has 0 aliphatic heterocycles. The summed E-state index contributed by atoms with van der Waals surface area (Å²) in [5.41, 5.74) is 8.21. The van der Waals surface area contributed by atoms with Crippen LogP contribution in [-0.2, 0) is 0 Å². The van der Waals surface area contributed by atoms with Gasteiger partial charge in [-0.25, -0.2) is 4.98 Å². The van der Waals surface area contributed by atoms with Gasteiger partial charge in [0.2, 0.25) is 0 Å². The highest BCUT2D eigenvalue weighted by Crippen LogP contribution is 2.32. The van der Waals surface area contributed by atoms with Crippen LogP contribution in [-0.4, -0.2) is 9.97 Å². The summed E-state index contributed by atoms with van der Waals surface area (Å²) in [4.78, 5) is 8.58. The number of hydrogen-bond donors (Lipinski definition) is 1. The molecule has 0 aliphatic carbocycles. The van der Waals surface area contributed by atoms with E-state index >= 15 is 0 Å². The molecule has 0 aliphatic rings. The monoisotopic (exact) mass is 257 g/mol. The van der Waals surface area contributed by atoms with Crippen LogP contribution in [0.2, 0.25) is 0 Å². The first-order valence-corrected chi connectivity index (χ1v) is 6.29. The second-order valence-electron chi connectivity index (χ2n) is 3.90. The van der Waals surface area contributed by atoms with Crippen LogP contribution in [0.3, 0.4) is 0 Å². The summed E-state index contributed by atoms with van der Waals surface area (Å²) < 4.78 is 6.76. The molecular weight excluding hydrogens is 246 g/mol. The number of anilines is 1. The fourth-order valence-corrected chi connectivity index (χ4v) is 2.51. The molecule has 0 bridgehead atoms. The quantitative estimate of drug-likeness (QED) is 0.715. The van der Waals surface area contributed by atoms with E-state index < -0.39 is 0 Å². The molecule has 0 saturated heterocycles. The highest BCUT2D eigenvalue weighted by atomic mass is 32.1. The number of thiazole rings is 1. The number of pyridine rings is 1. The highest BCUT2D eigenvalue weighted by Gasteiger charge is 2.07. The minimum atomic E-state index is 0.603. The van der Waals surface area contributed by atoms with Crippen molar-refractivity contribution in [1.82, 2.24) is 9.97 Å². The summed E-state index contributed by atoms with van der Waals surface area (Å²) in [7, 11) is 0. The van der Waals surface area contributed by atoms with E-state index in [0.717, 1.165) is 27.3 Å². The summed E-state index contributed by atoms with van der Waals surface area (Å²) in [6.07, 6.45) is 1.74. The standard InChI is InChI=1S/C13H11N3OS/c1-8-11(3-2-6-15-8)17-13-16-10-5-4-9(14)7-12(10)18-13/h2-7H,14H2,1H3. The average molecular weight is 257 g/mol. The van der Waals surface area contributed by atoms with Gasteiger partial charge in [-0.05, 0) is 37.3 Å². The molecule has 3 rings (SSSR count). The van der Waals surface area contributed by atoms with Gasteiger partial charge in [-0.3, -0.25) is 4.98 Å². The molecule has 2 aromatic heterocycles. The summed E-state index contributed by atoms with van der Waals surface area (Å²) in [6, 6.07) is 9.34. The predicted octanol–water partition coefficient (Wildman–Crippen LogP) is 3.37. The van der Waals surface area contributed by atoms with Gasteiger partial charge in [0.25, 0.3) is 5.19 Å². The van der Waals surface area contributed by atoms with E-state index in [4.69, 9.17) is 10.5 Å². The van der Waals surface area contributed by atoms with Crippen LogP contribution in [0.25, 0.3) is 10.2 Å². The van der Waals surface area contributed by atoms with Gasteiger partial charge in [-0.15, -0.1) is 0 Å². The first-order valence-electron chi connectivity index (χ1n) is 5.48. The van der Waals surface area contributed by atoms with Crippen LogP contribution in [0.1, 0.15) is 5.69 Å². The molecule has 0 fully saturated rings. The lowest BCUT2D eigenvalue weighted by atomic mass is 10.3. The van der Waals surface area contributed by atoms with Crippen LogP contribution in [0, 0.1) is 6.92 Å². The molecular formula is C13H11N3OS. The van der Waals surface area contributed by atoms with E-state index in [1.165, 1.54) is 11.3 Å². The van der Waals surface area contributed by atoms with E-state index in [0.29, 0.717) is 5.19 Å². The molecule has 0 unspecified atom stereocenters. The average Bonchev–Trinajstić information content (AvgIpc) is 2.73. The normalized spacial score (nSPS) is 10.7. The Morgan fingerprint density at radius 1 is 1.28 bits per heavy atom. The van der Waals surface area contributed by atoms with E-state index in [-0.39, 0.29) is 0 Å². The van der Waals surface area contributed by atoms with Crippen molar-refractivity contribution in [1.29, 1.82) is 0 Å². The fourth-order valence-electron chi connectivity index (χ4n) is 1.64. The van der Waals surface area contributed by atoms with Crippen LogP contribution in [0.4, 0.5) is 5.69 Å². The Kier molecular flexibility index (Phi) is 2.60. The topological polar surface area (TPSA) is 61.0 Å². The lowest BCUT2D eigenvalue weighted by Crippen LogP contribution is -1.88. The number of nitrogens with zero attached hydrogens (tertiary/aromatic N) is 2. The minimum absolute atomic E-state index is 0.603. The van der Waals surface area contributed by atoms with Gasteiger partial charge in [0.15, 0.2) is 5.75 Å². The molecule has 0 saturated carbocycles. The van der Waals surface area contributed by atoms with Crippen LogP contribution < -0.4 is 10.5 Å². The molecule has 0 spiro atoms. The minimum Gasteiger partial charge on any atom is -0.429 e. The van der Waals surface area contributed by atoms with Gasteiger partial charge in [0, 0.05) is 11.9 Å². The largest absolute Gasteiger partial charge is 0.429 e. The van der Waals surface area contributed by atoms with Gasteiger partial charge in [-0.2, -0.15) is 0 Å². The van der Waals surface area contributed by atoms with E-state index in [1.807, 2.05) is 37.3 Å². The Labute approximate surface area is 108 Å². The number of hydrogen-bond acceptors (Lipinski definition) is 5. The third kappa shape index (κ3) is 2.00.